The summed E-state index contributed by atoms with van der Waals surface area (Å²) in [7, 11) is 0. The number of unbranched alkanes of at least 4 members (excludes halogenated alkanes) is 2. The minimum atomic E-state index is -1.32. The number of carboxylic acid groups (broad SMARTS) is 1. The molecule has 0 aliphatic heterocycles. The summed E-state index contributed by atoms with van der Waals surface area (Å²) < 4.78 is 0. The molecule has 100 valence electrons. The number of thiol groups is 1. The molecule has 0 unspecified atom stereocenters. The van der Waals surface area contributed by atoms with Gasteiger partial charge in [0.05, 0.1) is 0 Å². The van der Waals surface area contributed by atoms with E-state index < -0.39 is 12.0 Å². The van der Waals surface area contributed by atoms with Crippen LogP contribution in [-0.2, 0) is 9.59 Å². The van der Waals surface area contributed by atoms with Crippen molar-refractivity contribution < 1.29 is 19.5 Å². The molecule has 0 heterocycles. The Morgan fingerprint density at radius 2 is 1.82 bits per heavy atom. The monoisotopic (exact) mass is 264 g/mol. The zero-order valence-corrected chi connectivity index (χ0v) is 10.8. The van der Waals surface area contributed by atoms with Crippen molar-refractivity contribution >= 4 is 30.5 Å². The molecule has 0 saturated heterocycles. The van der Waals surface area contributed by atoms with Crippen molar-refractivity contribution in [3.8, 4) is 0 Å². The van der Waals surface area contributed by atoms with Gasteiger partial charge >= 0.3 is 6.09 Å². The third-order valence-electron chi connectivity index (χ3n) is 1.61. The van der Waals surface area contributed by atoms with Crippen molar-refractivity contribution in [2.24, 2.45) is 5.73 Å². The van der Waals surface area contributed by atoms with Gasteiger partial charge < -0.3 is 10.8 Å². The van der Waals surface area contributed by atoms with Crippen molar-refractivity contribution in [1.82, 2.24) is 5.32 Å². The molecule has 0 rings (SSSR count). The third-order valence-corrected chi connectivity index (χ3v) is 1.84. The first kappa shape index (κ1) is 18.1. The number of nitrogens with one attached hydrogen (secondary N) is 1. The largest absolute Gasteiger partial charge is 0.465 e. The van der Waals surface area contributed by atoms with E-state index in [9.17, 15) is 14.4 Å². The van der Waals surface area contributed by atoms with Gasteiger partial charge in [-0.25, -0.2) is 4.79 Å². The normalized spacial score (nSPS) is 8.82. The van der Waals surface area contributed by atoms with Crippen LogP contribution < -0.4 is 11.1 Å². The van der Waals surface area contributed by atoms with E-state index in [2.05, 4.69) is 19.6 Å². The average molecular weight is 264 g/mol. The zero-order valence-electron chi connectivity index (χ0n) is 9.94. The highest BCUT2D eigenvalue weighted by atomic mass is 32.1. The lowest BCUT2D eigenvalue weighted by Gasteiger charge is -1.93. The van der Waals surface area contributed by atoms with Crippen molar-refractivity contribution in [1.29, 1.82) is 0 Å². The van der Waals surface area contributed by atoms with Crippen molar-refractivity contribution in [3.63, 3.8) is 0 Å². The highest BCUT2D eigenvalue weighted by Gasteiger charge is 2.01. The van der Waals surface area contributed by atoms with Crippen LogP contribution in [0.2, 0.25) is 0 Å². The number of amides is 3. The van der Waals surface area contributed by atoms with Gasteiger partial charge in [0.25, 0.3) is 0 Å². The molecule has 0 bridgehead atoms. The predicted molar refractivity (Wildman–Crippen MR) is 68.0 cm³/mol. The second-order valence-electron chi connectivity index (χ2n) is 3.25. The fraction of sp³-hybridized carbons (Fsp3) is 0.700. The van der Waals surface area contributed by atoms with Crippen LogP contribution in [0.5, 0.6) is 0 Å². The molecule has 6 nitrogen and oxygen atoms in total. The fourth-order valence-corrected chi connectivity index (χ4v) is 1.04. The first-order valence-electron chi connectivity index (χ1n) is 5.36. The summed E-state index contributed by atoms with van der Waals surface area (Å²) in [6.45, 7) is 2.10. The number of imide groups is 1. The molecule has 0 radical (unpaired) electrons. The summed E-state index contributed by atoms with van der Waals surface area (Å²) in [5, 5.41) is 9.63. The van der Waals surface area contributed by atoms with Gasteiger partial charge in [-0.05, 0) is 12.2 Å². The van der Waals surface area contributed by atoms with Crippen LogP contribution in [0.3, 0.4) is 0 Å². The van der Waals surface area contributed by atoms with Gasteiger partial charge in [0, 0.05) is 12.8 Å². The molecule has 0 aromatic rings. The second-order valence-corrected chi connectivity index (χ2v) is 3.70. The van der Waals surface area contributed by atoms with Gasteiger partial charge in [0.1, 0.15) is 0 Å². The van der Waals surface area contributed by atoms with E-state index in [1.807, 2.05) is 0 Å². The van der Waals surface area contributed by atoms with E-state index >= 15 is 0 Å². The van der Waals surface area contributed by atoms with Crippen LogP contribution in [0.1, 0.15) is 39.0 Å². The Morgan fingerprint density at radius 1 is 1.24 bits per heavy atom. The van der Waals surface area contributed by atoms with Crippen molar-refractivity contribution in [3.05, 3.63) is 0 Å². The van der Waals surface area contributed by atoms with Gasteiger partial charge in [-0.15, -0.1) is 0 Å². The van der Waals surface area contributed by atoms with E-state index in [0.717, 1.165) is 19.3 Å². The van der Waals surface area contributed by atoms with Gasteiger partial charge in [0.15, 0.2) is 0 Å². The lowest BCUT2D eigenvalue weighted by molar-refractivity contribution is -0.120. The maximum atomic E-state index is 10.3. The Labute approximate surface area is 106 Å². The first-order chi connectivity index (χ1) is 7.93. The number of hydrogen-bond donors (Lipinski definition) is 4. The van der Waals surface area contributed by atoms with Crippen LogP contribution in [0, 0.1) is 0 Å². The number of rotatable bonds is 6. The van der Waals surface area contributed by atoms with Crippen molar-refractivity contribution in [2.45, 2.75) is 39.0 Å². The Balaban J connectivity index is 0. The minimum absolute atomic E-state index is 0.134. The van der Waals surface area contributed by atoms with Gasteiger partial charge in [-0.3, -0.25) is 14.9 Å². The quantitative estimate of drug-likeness (QED) is 0.426. The molecule has 7 heteroatoms. The summed E-state index contributed by atoms with van der Waals surface area (Å²) in [6.07, 6.45) is 2.58. The lowest BCUT2D eigenvalue weighted by atomic mass is 10.2. The zero-order chi connectivity index (χ0) is 13.7. The topological polar surface area (TPSA) is 109 Å². The highest BCUT2D eigenvalue weighted by Crippen LogP contribution is 1.96. The Kier molecular flexibility index (Phi) is 13.7. The molecule has 0 spiro atoms. The Hall–Kier alpha value is -1.24. The number of hydrogen-bond acceptors (Lipinski definition) is 4. The fourth-order valence-electron chi connectivity index (χ4n) is 0.833. The summed E-state index contributed by atoms with van der Waals surface area (Å²) >= 11 is 3.73. The molecule has 4 N–H and O–H groups in total. The maximum absolute atomic E-state index is 10.3. The molecule has 0 atom stereocenters. The third kappa shape index (κ3) is 20.8. The summed E-state index contributed by atoms with van der Waals surface area (Å²) in [4.78, 5) is 30.1. The van der Waals surface area contributed by atoms with Gasteiger partial charge in [-0.1, -0.05) is 19.8 Å². The van der Waals surface area contributed by atoms with Crippen LogP contribution in [0.4, 0.5) is 4.79 Å². The smallest absolute Gasteiger partial charge is 0.411 e. The summed E-state index contributed by atoms with van der Waals surface area (Å²) in [5.41, 5.74) is 4.89. The summed E-state index contributed by atoms with van der Waals surface area (Å²) in [5.74, 6) is -0.338. The van der Waals surface area contributed by atoms with Gasteiger partial charge in [-0.2, -0.15) is 12.6 Å². The molecule has 0 aromatic heterocycles. The Morgan fingerprint density at radius 3 is 2.18 bits per heavy atom. The van der Waals surface area contributed by atoms with E-state index in [4.69, 9.17) is 10.8 Å². The van der Waals surface area contributed by atoms with Crippen LogP contribution in [0.25, 0.3) is 0 Å². The molecule has 0 aromatic carbocycles. The standard InChI is InChI=1S/C6H13NO.C4H7NO3S/c1-2-3-4-5-6(7)8;6-3(1-2-9)5-4(7)8/h2-5H2,1H3,(H2,7,8);9H,1-2H2,(H,5,6)(H,7,8). The second kappa shape index (κ2) is 12.8. The van der Waals surface area contributed by atoms with E-state index in [0.29, 0.717) is 12.2 Å². The molecular weight excluding hydrogens is 244 g/mol. The minimum Gasteiger partial charge on any atom is -0.465 e. The Bertz CT molecular complexity index is 246. The SMILES string of the molecule is CCCCCC(N)=O.O=C(O)NC(=O)CCS. The predicted octanol–water partition coefficient (Wildman–Crippen LogP) is 1.15. The van der Waals surface area contributed by atoms with E-state index in [1.165, 1.54) is 0 Å². The molecule has 0 fully saturated rings. The molecule has 17 heavy (non-hydrogen) atoms. The van der Waals surface area contributed by atoms with Crippen LogP contribution in [-0.4, -0.2) is 28.8 Å². The van der Waals surface area contributed by atoms with Crippen LogP contribution in [0.15, 0.2) is 0 Å². The number of carbonyl (C=O) groups is 3. The highest BCUT2D eigenvalue weighted by molar-refractivity contribution is 7.80. The number of primary amides is 1. The maximum Gasteiger partial charge on any atom is 0.411 e. The summed E-state index contributed by atoms with van der Waals surface area (Å²) in [6, 6.07) is 0. The van der Waals surface area contributed by atoms with Crippen molar-refractivity contribution in [2.75, 3.05) is 5.75 Å². The molecular formula is C10H20N2O4S. The molecule has 0 aliphatic rings. The first-order valence-corrected chi connectivity index (χ1v) is 5.99. The average Bonchev–Trinajstić information content (AvgIpc) is 2.17. The molecule has 0 saturated carbocycles. The van der Waals surface area contributed by atoms with E-state index in [-0.39, 0.29) is 12.3 Å². The lowest BCUT2D eigenvalue weighted by Crippen LogP contribution is -2.28. The number of nitrogens with two attached hydrogens (primary N) is 1. The van der Waals surface area contributed by atoms with Crippen LogP contribution >= 0.6 is 12.6 Å². The molecule has 3 amide bonds. The van der Waals surface area contributed by atoms with Gasteiger partial charge in [0.2, 0.25) is 11.8 Å². The molecule has 0 aliphatic carbocycles. The number of carbonyl (C=O) groups excluding carboxylic acids is 2. The van der Waals surface area contributed by atoms with E-state index in [1.54, 1.807) is 5.32 Å².